The minimum Gasteiger partial charge on any atom is -0.313 e. The second kappa shape index (κ2) is 17.3. The monoisotopic (exact) mass is 979 g/mol. The number of nitrogens with zero attached hydrogens (tertiary/aromatic N) is 3. The number of hydrogen-bond acceptors (Lipinski definition) is 1. The Morgan fingerprint density at radius 3 is 1.42 bits per heavy atom. The SMILES string of the molecule is C1=CCCC(n2c3ccccc3c3cc(N(c4ccc(-c5ccc6c(c5)c5ccccc5n6-c5ccc(-c6ccccc6)cc5)cc4)c4ccc5c(c4)C(=C4c6ccccc6-c6ccccc64)c4ccccc4-5)ccc32)=C1. The average molecular weight is 980 g/mol. The van der Waals surface area contributed by atoms with Crippen LogP contribution in [-0.2, 0) is 0 Å². The Morgan fingerprint density at radius 2 is 0.753 bits per heavy atom. The quantitative estimate of drug-likeness (QED) is 0.155. The molecule has 13 aromatic rings. The molecule has 16 rings (SSSR count). The van der Waals surface area contributed by atoms with Crippen LogP contribution in [0.3, 0.4) is 0 Å². The van der Waals surface area contributed by atoms with Gasteiger partial charge < -0.3 is 14.0 Å². The van der Waals surface area contributed by atoms with Crippen LogP contribution in [0, 0.1) is 0 Å². The Hall–Kier alpha value is -9.96. The van der Waals surface area contributed by atoms with E-state index in [1.807, 2.05) is 0 Å². The maximum Gasteiger partial charge on any atom is 0.0541 e. The molecule has 360 valence electrons. The third kappa shape index (κ3) is 6.77. The van der Waals surface area contributed by atoms with Gasteiger partial charge in [-0.25, -0.2) is 0 Å². The largest absolute Gasteiger partial charge is 0.313 e. The van der Waals surface area contributed by atoms with Gasteiger partial charge in [0.05, 0.1) is 22.1 Å². The standard InChI is InChI=1S/C74H49N3/c1-3-17-48(18-4-1)49-31-38-54(39-32-49)77-69-29-15-13-24-61(69)66-45-51(35-43-71(66)77)50-33-36-53(37-34-50)75(56-41-44-72-67(46-56)62-25-14-16-30-70(62)76(72)52-19-5-2-6-20-52)55-40-42-60-59-23-9-12-28-65(59)74(68(60)47-55)73-63-26-10-7-21-57(63)58-22-8-11-27-64(58)73/h1-5,7-19,21-47H,6,20H2. The van der Waals surface area contributed by atoms with E-state index >= 15 is 0 Å². The molecule has 0 saturated carbocycles. The molecule has 11 aromatic carbocycles. The van der Waals surface area contributed by atoms with Crippen LogP contribution in [0.15, 0.2) is 273 Å². The van der Waals surface area contributed by atoms with Crippen molar-refractivity contribution in [2.24, 2.45) is 0 Å². The number of hydrogen-bond donors (Lipinski definition) is 0. The van der Waals surface area contributed by atoms with Crippen LogP contribution in [0.25, 0.3) is 111 Å². The van der Waals surface area contributed by atoms with E-state index in [0.29, 0.717) is 0 Å². The van der Waals surface area contributed by atoms with Crippen molar-refractivity contribution in [3.05, 3.63) is 295 Å². The molecule has 0 amide bonds. The zero-order valence-corrected chi connectivity index (χ0v) is 42.2. The summed E-state index contributed by atoms with van der Waals surface area (Å²) in [6, 6.07) is 94.6. The molecule has 77 heavy (non-hydrogen) atoms. The third-order valence-corrected chi connectivity index (χ3v) is 16.5. The molecular formula is C74H49N3. The lowest BCUT2D eigenvalue weighted by Gasteiger charge is -2.27. The molecule has 0 atom stereocenters. The molecule has 0 radical (unpaired) electrons. The Kier molecular flexibility index (Phi) is 9.77. The van der Waals surface area contributed by atoms with Gasteiger partial charge in [-0.05, 0) is 176 Å². The summed E-state index contributed by atoms with van der Waals surface area (Å²) in [5.74, 6) is 0. The van der Waals surface area contributed by atoms with Crippen LogP contribution < -0.4 is 4.90 Å². The molecular weight excluding hydrogens is 931 g/mol. The van der Waals surface area contributed by atoms with Crippen molar-refractivity contribution in [3.63, 3.8) is 0 Å². The summed E-state index contributed by atoms with van der Waals surface area (Å²) in [6.45, 7) is 0. The van der Waals surface area contributed by atoms with E-state index < -0.39 is 0 Å². The first-order valence-electron chi connectivity index (χ1n) is 26.9. The second-order valence-electron chi connectivity index (χ2n) is 20.7. The van der Waals surface area contributed by atoms with Crippen molar-refractivity contribution in [2.45, 2.75) is 12.8 Å². The third-order valence-electron chi connectivity index (χ3n) is 16.5. The van der Waals surface area contributed by atoms with Gasteiger partial charge in [0.15, 0.2) is 0 Å². The van der Waals surface area contributed by atoms with Crippen LogP contribution in [0.2, 0.25) is 0 Å². The highest BCUT2D eigenvalue weighted by molar-refractivity contribution is 6.19. The molecule has 0 unspecified atom stereocenters. The van der Waals surface area contributed by atoms with Gasteiger partial charge in [0.2, 0.25) is 0 Å². The predicted octanol–water partition coefficient (Wildman–Crippen LogP) is 19.9. The topological polar surface area (TPSA) is 13.1 Å². The van der Waals surface area contributed by atoms with E-state index in [9.17, 15) is 0 Å². The van der Waals surface area contributed by atoms with E-state index in [0.717, 1.165) is 35.6 Å². The van der Waals surface area contributed by atoms with E-state index in [1.165, 1.54) is 127 Å². The van der Waals surface area contributed by atoms with Crippen molar-refractivity contribution in [2.75, 3.05) is 4.90 Å². The lowest BCUT2D eigenvalue weighted by molar-refractivity contribution is 0.979. The Balaban J connectivity index is 0.856. The number of aromatic nitrogens is 2. The highest BCUT2D eigenvalue weighted by atomic mass is 15.1. The number of anilines is 3. The van der Waals surface area contributed by atoms with E-state index in [1.54, 1.807) is 0 Å². The van der Waals surface area contributed by atoms with Gasteiger partial charge in [-0.15, -0.1) is 0 Å². The van der Waals surface area contributed by atoms with Gasteiger partial charge in [0, 0.05) is 50.0 Å². The molecule has 0 bridgehead atoms. The highest BCUT2D eigenvalue weighted by Crippen LogP contribution is 2.55. The van der Waals surface area contributed by atoms with Gasteiger partial charge in [0.25, 0.3) is 0 Å². The van der Waals surface area contributed by atoms with E-state index in [4.69, 9.17) is 0 Å². The summed E-state index contributed by atoms with van der Waals surface area (Å²) >= 11 is 0. The second-order valence-corrected chi connectivity index (χ2v) is 20.7. The van der Waals surface area contributed by atoms with Crippen LogP contribution in [0.1, 0.15) is 35.1 Å². The molecule has 0 N–H and O–H groups in total. The fourth-order valence-corrected chi connectivity index (χ4v) is 13.0. The fraction of sp³-hybridized carbons (Fsp3) is 0.0270. The molecule has 3 nitrogen and oxygen atoms in total. The minimum atomic E-state index is 1.01. The normalized spacial score (nSPS) is 13.3. The van der Waals surface area contributed by atoms with E-state index in [-0.39, 0.29) is 0 Å². The van der Waals surface area contributed by atoms with Crippen LogP contribution in [0.5, 0.6) is 0 Å². The first-order valence-corrected chi connectivity index (χ1v) is 26.9. The summed E-state index contributed by atoms with van der Waals surface area (Å²) in [5, 5.41) is 4.97. The van der Waals surface area contributed by atoms with Gasteiger partial charge >= 0.3 is 0 Å². The maximum absolute atomic E-state index is 2.48. The lowest BCUT2D eigenvalue weighted by Crippen LogP contribution is -2.10. The summed E-state index contributed by atoms with van der Waals surface area (Å²) in [5.41, 5.74) is 28.2. The summed E-state index contributed by atoms with van der Waals surface area (Å²) < 4.78 is 4.89. The molecule has 2 heterocycles. The molecule has 3 aliphatic carbocycles. The zero-order chi connectivity index (χ0) is 50.6. The van der Waals surface area contributed by atoms with Crippen LogP contribution in [-0.4, -0.2) is 9.13 Å². The maximum atomic E-state index is 2.48. The minimum absolute atomic E-state index is 1.01. The molecule has 2 aromatic heterocycles. The van der Waals surface area contributed by atoms with Crippen molar-refractivity contribution in [1.29, 1.82) is 0 Å². The van der Waals surface area contributed by atoms with Crippen molar-refractivity contribution in [1.82, 2.24) is 9.13 Å². The Morgan fingerprint density at radius 1 is 0.299 bits per heavy atom. The van der Waals surface area contributed by atoms with Crippen LogP contribution >= 0.6 is 0 Å². The summed E-state index contributed by atoms with van der Waals surface area (Å²) in [7, 11) is 0. The lowest BCUT2D eigenvalue weighted by atomic mass is 9.91. The first-order chi connectivity index (χ1) is 38.2. The van der Waals surface area contributed by atoms with Crippen molar-refractivity contribution in [3.8, 4) is 50.2 Å². The molecule has 3 aliphatic rings. The Labute approximate surface area is 447 Å². The van der Waals surface area contributed by atoms with Gasteiger partial charge in [0.1, 0.15) is 0 Å². The first kappa shape index (κ1) is 43.4. The average Bonchev–Trinajstić information content (AvgIpc) is 4.41. The zero-order valence-electron chi connectivity index (χ0n) is 42.2. The summed E-state index contributed by atoms with van der Waals surface area (Å²) in [4.78, 5) is 2.47. The van der Waals surface area contributed by atoms with Crippen LogP contribution in [0.4, 0.5) is 17.1 Å². The van der Waals surface area contributed by atoms with Gasteiger partial charge in [-0.3, -0.25) is 0 Å². The van der Waals surface area contributed by atoms with Gasteiger partial charge in [-0.2, -0.15) is 0 Å². The fourth-order valence-electron chi connectivity index (χ4n) is 13.0. The predicted molar refractivity (Wildman–Crippen MR) is 324 cm³/mol. The molecule has 0 fully saturated rings. The number of fused-ring (bicyclic) bond motifs is 12. The Bertz CT molecular complexity index is 4610. The van der Waals surface area contributed by atoms with E-state index in [2.05, 4.69) is 287 Å². The molecule has 0 aliphatic heterocycles. The number of benzene rings is 11. The van der Waals surface area contributed by atoms with Gasteiger partial charge in [-0.1, -0.05) is 188 Å². The van der Waals surface area contributed by atoms with Crippen molar-refractivity contribution >= 4 is 77.5 Å². The van der Waals surface area contributed by atoms with Crippen molar-refractivity contribution < 1.29 is 0 Å². The number of allylic oxidation sites excluding steroid dienone is 4. The highest BCUT2D eigenvalue weighted by Gasteiger charge is 2.33. The summed E-state index contributed by atoms with van der Waals surface area (Å²) in [6.07, 6.45) is 8.81. The number of rotatable bonds is 7. The molecule has 0 spiro atoms. The molecule has 0 saturated heterocycles. The molecule has 3 heteroatoms. The number of para-hydroxylation sites is 2. The smallest absolute Gasteiger partial charge is 0.0541 e.